The van der Waals surface area contributed by atoms with Crippen LogP contribution in [0.3, 0.4) is 0 Å². The number of benzene rings is 2. The zero-order valence-corrected chi connectivity index (χ0v) is 15.8. The summed E-state index contributed by atoms with van der Waals surface area (Å²) in [4.78, 5) is 6.94. The van der Waals surface area contributed by atoms with Gasteiger partial charge in [0, 0.05) is 38.8 Å². The lowest BCUT2D eigenvalue weighted by Crippen LogP contribution is -2.46. The maximum atomic E-state index is 4.41. The van der Waals surface area contributed by atoms with Gasteiger partial charge in [0.1, 0.15) is 0 Å². The first-order valence-electron chi connectivity index (χ1n) is 9.25. The number of nitrogens with one attached hydrogen (secondary N) is 2. The summed E-state index contributed by atoms with van der Waals surface area (Å²) in [6.07, 6.45) is 0. The van der Waals surface area contributed by atoms with Gasteiger partial charge in [0.2, 0.25) is 0 Å². The topological polar surface area (TPSA) is 39.7 Å². The summed E-state index contributed by atoms with van der Waals surface area (Å²) in [5.41, 5.74) is 1.27. The molecule has 0 amide bonds. The smallest absolute Gasteiger partial charge is 0.191 e. The number of fused-ring (bicyclic) bond motifs is 1. The number of aliphatic imine (C=N–C) groups is 1. The van der Waals surface area contributed by atoms with E-state index in [1.807, 2.05) is 7.05 Å². The second-order valence-electron chi connectivity index (χ2n) is 7.38. The molecule has 134 valence electrons. The summed E-state index contributed by atoms with van der Waals surface area (Å²) < 4.78 is 0. The molecule has 1 fully saturated rings. The van der Waals surface area contributed by atoms with E-state index in [2.05, 4.69) is 83.8 Å². The first kappa shape index (κ1) is 17.7. The minimum atomic E-state index is 0.449. The van der Waals surface area contributed by atoms with Crippen LogP contribution in [0.25, 0.3) is 10.8 Å². The average Bonchev–Trinajstić information content (AvgIpc) is 2.99. The first-order valence-corrected chi connectivity index (χ1v) is 9.25. The Kier molecular flexibility index (Phi) is 5.59. The Hall–Kier alpha value is -2.07. The highest BCUT2D eigenvalue weighted by Gasteiger charge is 2.31. The number of hydrogen-bond acceptors (Lipinski definition) is 2. The van der Waals surface area contributed by atoms with Gasteiger partial charge in [-0.15, -0.1) is 0 Å². The van der Waals surface area contributed by atoms with Crippen LogP contribution >= 0.6 is 0 Å². The third-order valence-corrected chi connectivity index (χ3v) is 5.19. The maximum absolute atomic E-state index is 4.41. The largest absolute Gasteiger partial charge is 0.352 e. The molecule has 0 aliphatic carbocycles. The Morgan fingerprint density at radius 3 is 2.60 bits per heavy atom. The van der Waals surface area contributed by atoms with E-state index in [1.54, 1.807) is 0 Å². The number of nitrogens with zero attached hydrogens (tertiary/aromatic N) is 2. The minimum Gasteiger partial charge on any atom is -0.352 e. The molecule has 2 N–H and O–H groups in total. The number of guanidine groups is 1. The van der Waals surface area contributed by atoms with Crippen LogP contribution in [-0.4, -0.2) is 43.1 Å². The van der Waals surface area contributed by atoms with Gasteiger partial charge in [-0.1, -0.05) is 43.3 Å². The second-order valence-corrected chi connectivity index (χ2v) is 7.38. The molecule has 1 aliphatic heterocycles. The lowest BCUT2D eigenvalue weighted by atomic mass is 10.1. The van der Waals surface area contributed by atoms with E-state index in [9.17, 15) is 0 Å². The number of rotatable bonds is 4. The Balaban J connectivity index is 1.59. The van der Waals surface area contributed by atoms with Crippen LogP contribution in [0.4, 0.5) is 0 Å². The Labute approximate surface area is 151 Å². The SMILES string of the molecule is CN=C(NCc1ccc2ccccc2c1)NC1CN(C(C)C)CC1C. The molecule has 4 heteroatoms. The van der Waals surface area contributed by atoms with Crippen molar-refractivity contribution in [3.63, 3.8) is 0 Å². The summed E-state index contributed by atoms with van der Waals surface area (Å²) in [7, 11) is 1.84. The quantitative estimate of drug-likeness (QED) is 0.664. The van der Waals surface area contributed by atoms with Crippen molar-refractivity contribution in [2.75, 3.05) is 20.1 Å². The van der Waals surface area contributed by atoms with E-state index in [0.29, 0.717) is 18.0 Å². The highest BCUT2D eigenvalue weighted by Crippen LogP contribution is 2.19. The summed E-state index contributed by atoms with van der Waals surface area (Å²) in [5, 5.41) is 9.63. The van der Waals surface area contributed by atoms with Crippen LogP contribution in [0.2, 0.25) is 0 Å². The normalized spacial score (nSPS) is 21.9. The van der Waals surface area contributed by atoms with Gasteiger partial charge in [0.25, 0.3) is 0 Å². The highest BCUT2D eigenvalue weighted by atomic mass is 15.3. The second kappa shape index (κ2) is 7.87. The molecule has 2 atom stereocenters. The lowest BCUT2D eigenvalue weighted by molar-refractivity contribution is 0.265. The molecule has 2 aromatic rings. The molecule has 1 aliphatic rings. The first-order chi connectivity index (χ1) is 12.1. The molecule has 2 unspecified atom stereocenters. The van der Waals surface area contributed by atoms with Gasteiger partial charge in [-0.05, 0) is 42.2 Å². The minimum absolute atomic E-state index is 0.449. The number of hydrogen-bond donors (Lipinski definition) is 2. The molecule has 0 spiro atoms. The molecule has 0 radical (unpaired) electrons. The van der Waals surface area contributed by atoms with Crippen molar-refractivity contribution in [1.29, 1.82) is 0 Å². The van der Waals surface area contributed by atoms with Crippen molar-refractivity contribution < 1.29 is 0 Å². The van der Waals surface area contributed by atoms with Crippen LogP contribution in [-0.2, 0) is 6.54 Å². The van der Waals surface area contributed by atoms with Gasteiger partial charge in [-0.25, -0.2) is 0 Å². The molecule has 0 bridgehead atoms. The fourth-order valence-electron chi connectivity index (χ4n) is 3.52. The van der Waals surface area contributed by atoms with E-state index in [4.69, 9.17) is 0 Å². The fraction of sp³-hybridized carbons (Fsp3) is 0.476. The molecule has 3 rings (SSSR count). The predicted molar refractivity (Wildman–Crippen MR) is 107 cm³/mol. The van der Waals surface area contributed by atoms with Crippen molar-refractivity contribution in [2.24, 2.45) is 10.9 Å². The molecule has 2 aromatic carbocycles. The molecular weight excluding hydrogens is 308 g/mol. The summed E-state index contributed by atoms with van der Waals surface area (Å²) in [6.45, 7) is 9.85. The van der Waals surface area contributed by atoms with Crippen molar-refractivity contribution in [2.45, 2.75) is 39.4 Å². The van der Waals surface area contributed by atoms with E-state index in [1.165, 1.54) is 16.3 Å². The Morgan fingerprint density at radius 2 is 1.92 bits per heavy atom. The summed E-state index contributed by atoms with van der Waals surface area (Å²) >= 11 is 0. The third-order valence-electron chi connectivity index (χ3n) is 5.19. The molecule has 1 saturated heterocycles. The van der Waals surface area contributed by atoms with Crippen LogP contribution in [0.5, 0.6) is 0 Å². The Morgan fingerprint density at radius 1 is 1.16 bits per heavy atom. The molecule has 25 heavy (non-hydrogen) atoms. The van der Waals surface area contributed by atoms with Gasteiger partial charge < -0.3 is 10.6 Å². The van der Waals surface area contributed by atoms with Crippen molar-refractivity contribution in [1.82, 2.24) is 15.5 Å². The van der Waals surface area contributed by atoms with E-state index in [0.717, 1.165) is 25.6 Å². The van der Waals surface area contributed by atoms with Gasteiger partial charge in [-0.2, -0.15) is 0 Å². The molecule has 1 heterocycles. The monoisotopic (exact) mass is 338 g/mol. The standard InChI is InChI=1S/C21H30N4/c1-15(2)25-13-16(3)20(14-25)24-21(22-4)23-12-17-9-10-18-7-5-6-8-19(18)11-17/h5-11,15-16,20H,12-14H2,1-4H3,(H2,22,23,24). The van der Waals surface area contributed by atoms with E-state index < -0.39 is 0 Å². The molecule has 4 nitrogen and oxygen atoms in total. The van der Waals surface area contributed by atoms with Crippen LogP contribution in [0, 0.1) is 5.92 Å². The maximum Gasteiger partial charge on any atom is 0.191 e. The molecule has 0 saturated carbocycles. The lowest BCUT2D eigenvalue weighted by Gasteiger charge is -2.22. The summed E-state index contributed by atoms with van der Waals surface area (Å²) in [6, 6.07) is 16.1. The Bertz CT molecular complexity index is 738. The predicted octanol–water partition coefficient (Wildman–Crippen LogP) is 3.23. The number of likely N-dealkylation sites (tertiary alicyclic amines) is 1. The van der Waals surface area contributed by atoms with E-state index >= 15 is 0 Å². The van der Waals surface area contributed by atoms with Gasteiger partial charge in [-0.3, -0.25) is 9.89 Å². The van der Waals surface area contributed by atoms with Gasteiger partial charge in [0.05, 0.1) is 0 Å². The fourth-order valence-corrected chi connectivity index (χ4v) is 3.52. The molecule has 0 aromatic heterocycles. The zero-order valence-electron chi connectivity index (χ0n) is 15.8. The average molecular weight is 338 g/mol. The van der Waals surface area contributed by atoms with Gasteiger partial charge >= 0.3 is 0 Å². The van der Waals surface area contributed by atoms with Gasteiger partial charge in [0.15, 0.2) is 5.96 Å². The highest BCUT2D eigenvalue weighted by molar-refractivity contribution is 5.83. The van der Waals surface area contributed by atoms with E-state index in [-0.39, 0.29) is 0 Å². The van der Waals surface area contributed by atoms with Crippen molar-refractivity contribution in [3.8, 4) is 0 Å². The zero-order chi connectivity index (χ0) is 17.8. The third kappa shape index (κ3) is 4.31. The van der Waals surface area contributed by atoms with Crippen LogP contribution in [0.1, 0.15) is 26.3 Å². The van der Waals surface area contributed by atoms with Crippen LogP contribution in [0.15, 0.2) is 47.5 Å². The summed E-state index contributed by atoms with van der Waals surface area (Å²) in [5.74, 6) is 1.51. The van der Waals surface area contributed by atoms with Crippen molar-refractivity contribution in [3.05, 3.63) is 48.0 Å². The van der Waals surface area contributed by atoms with Crippen LogP contribution < -0.4 is 10.6 Å². The molecular formula is C21H30N4. The van der Waals surface area contributed by atoms with Crippen molar-refractivity contribution >= 4 is 16.7 Å².